The Kier molecular flexibility index (Phi) is 2.79. The molecule has 1 rings (SSSR count). The molecule has 1 aliphatic rings. The molecule has 1 aliphatic heterocycles. The molecule has 2 nitrogen and oxygen atoms in total. The third kappa shape index (κ3) is 1.80. The summed E-state index contributed by atoms with van der Waals surface area (Å²) >= 11 is 0. The molecule has 0 spiro atoms. The Bertz CT molecular complexity index is 156. The zero-order valence-corrected chi connectivity index (χ0v) is 8.67. The number of likely N-dealkylation sites (tertiary alicyclic amines) is 1. The van der Waals surface area contributed by atoms with Gasteiger partial charge < -0.3 is 5.11 Å². The number of aliphatic hydroxyl groups excluding tert-OH is 1. The summed E-state index contributed by atoms with van der Waals surface area (Å²) in [5.41, 5.74) is 0.315. The second-order valence-electron chi connectivity index (χ2n) is 4.58. The highest BCUT2D eigenvalue weighted by Gasteiger charge is 2.42. The van der Waals surface area contributed by atoms with Crippen LogP contribution in [0.15, 0.2) is 0 Å². The molecule has 0 aromatic heterocycles. The SMILES string of the molecule is CC[C@@H](O)CN1C(C)CC1(C)C. The van der Waals surface area contributed by atoms with Crippen LogP contribution < -0.4 is 0 Å². The fourth-order valence-corrected chi connectivity index (χ4v) is 2.22. The van der Waals surface area contributed by atoms with E-state index in [-0.39, 0.29) is 6.10 Å². The molecule has 1 N–H and O–H groups in total. The van der Waals surface area contributed by atoms with E-state index in [0.717, 1.165) is 13.0 Å². The first-order valence-corrected chi connectivity index (χ1v) is 4.92. The number of hydrogen-bond donors (Lipinski definition) is 1. The van der Waals surface area contributed by atoms with Crippen molar-refractivity contribution in [3.63, 3.8) is 0 Å². The van der Waals surface area contributed by atoms with E-state index in [0.29, 0.717) is 11.6 Å². The molecule has 0 aromatic carbocycles. The standard InChI is InChI=1S/C10H21NO/c1-5-9(12)7-11-8(2)6-10(11,3)4/h8-9,12H,5-7H2,1-4H3/t8?,9-/m1/s1. The average Bonchev–Trinajstić information content (AvgIpc) is 1.99. The molecule has 1 fully saturated rings. The van der Waals surface area contributed by atoms with Gasteiger partial charge in [-0.1, -0.05) is 6.92 Å². The summed E-state index contributed by atoms with van der Waals surface area (Å²) in [6.07, 6.45) is 1.97. The summed E-state index contributed by atoms with van der Waals surface area (Å²) < 4.78 is 0. The molecule has 0 saturated carbocycles. The highest BCUT2D eigenvalue weighted by molar-refractivity contribution is 4.98. The number of hydrogen-bond acceptors (Lipinski definition) is 2. The van der Waals surface area contributed by atoms with Crippen molar-refractivity contribution in [2.24, 2.45) is 0 Å². The predicted octanol–water partition coefficient (Wildman–Crippen LogP) is 1.63. The molecule has 12 heavy (non-hydrogen) atoms. The van der Waals surface area contributed by atoms with Gasteiger partial charge in [-0.05, 0) is 33.6 Å². The largest absolute Gasteiger partial charge is 0.392 e. The molecular weight excluding hydrogens is 150 g/mol. The van der Waals surface area contributed by atoms with Gasteiger partial charge in [-0.25, -0.2) is 0 Å². The molecule has 1 heterocycles. The first-order chi connectivity index (χ1) is 5.47. The quantitative estimate of drug-likeness (QED) is 0.697. The topological polar surface area (TPSA) is 23.5 Å². The molecule has 1 unspecified atom stereocenters. The van der Waals surface area contributed by atoms with Gasteiger partial charge in [0.15, 0.2) is 0 Å². The van der Waals surface area contributed by atoms with Crippen LogP contribution in [0.2, 0.25) is 0 Å². The van der Waals surface area contributed by atoms with Crippen molar-refractivity contribution in [3.8, 4) is 0 Å². The van der Waals surface area contributed by atoms with E-state index >= 15 is 0 Å². The van der Waals surface area contributed by atoms with E-state index in [4.69, 9.17) is 0 Å². The van der Waals surface area contributed by atoms with E-state index in [9.17, 15) is 5.11 Å². The second kappa shape index (κ2) is 3.35. The summed E-state index contributed by atoms with van der Waals surface area (Å²) in [6.45, 7) is 9.59. The minimum absolute atomic E-state index is 0.146. The zero-order chi connectivity index (χ0) is 9.35. The summed E-state index contributed by atoms with van der Waals surface area (Å²) in [6, 6.07) is 0.654. The maximum atomic E-state index is 9.50. The Balaban J connectivity index is 2.40. The van der Waals surface area contributed by atoms with Crippen molar-refractivity contribution >= 4 is 0 Å². The van der Waals surface area contributed by atoms with Crippen molar-refractivity contribution in [1.82, 2.24) is 4.90 Å². The molecule has 0 aromatic rings. The van der Waals surface area contributed by atoms with Gasteiger partial charge in [0.2, 0.25) is 0 Å². The van der Waals surface area contributed by atoms with Gasteiger partial charge in [-0.15, -0.1) is 0 Å². The Labute approximate surface area is 75.6 Å². The van der Waals surface area contributed by atoms with Crippen LogP contribution in [-0.2, 0) is 0 Å². The molecule has 0 amide bonds. The number of aliphatic hydroxyl groups is 1. The van der Waals surface area contributed by atoms with Crippen molar-refractivity contribution in [3.05, 3.63) is 0 Å². The highest BCUT2D eigenvalue weighted by Crippen LogP contribution is 2.35. The van der Waals surface area contributed by atoms with E-state index in [2.05, 4.69) is 25.7 Å². The van der Waals surface area contributed by atoms with E-state index in [1.54, 1.807) is 0 Å². The zero-order valence-electron chi connectivity index (χ0n) is 8.67. The van der Waals surface area contributed by atoms with Crippen LogP contribution in [0.25, 0.3) is 0 Å². The molecule has 2 atom stereocenters. The third-order valence-electron chi connectivity index (χ3n) is 2.98. The van der Waals surface area contributed by atoms with Gasteiger partial charge in [0, 0.05) is 18.1 Å². The Hall–Kier alpha value is -0.0800. The smallest absolute Gasteiger partial charge is 0.0664 e. The molecule has 0 aliphatic carbocycles. The maximum Gasteiger partial charge on any atom is 0.0664 e. The van der Waals surface area contributed by atoms with Crippen LogP contribution >= 0.6 is 0 Å². The van der Waals surface area contributed by atoms with Crippen LogP contribution in [0.5, 0.6) is 0 Å². The van der Waals surface area contributed by atoms with Crippen LogP contribution in [0, 0.1) is 0 Å². The van der Waals surface area contributed by atoms with Gasteiger partial charge in [0.25, 0.3) is 0 Å². The van der Waals surface area contributed by atoms with Crippen molar-refractivity contribution in [1.29, 1.82) is 0 Å². The fraction of sp³-hybridized carbons (Fsp3) is 1.00. The molecule has 1 saturated heterocycles. The summed E-state index contributed by atoms with van der Waals surface area (Å²) in [4.78, 5) is 2.39. The van der Waals surface area contributed by atoms with Crippen LogP contribution in [0.4, 0.5) is 0 Å². The highest BCUT2D eigenvalue weighted by atomic mass is 16.3. The van der Waals surface area contributed by atoms with Gasteiger partial charge in [0.1, 0.15) is 0 Å². The Morgan fingerprint density at radius 2 is 2.17 bits per heavy atom. The minimum atomic E-state index is -0.146. The Morgan fingerprint density at radius 3 is 2.50 bits per heavy atom. The van der Waals surface area contributed by atoms with Gasteiger partial charge in [-0.3, -0.25) is 4.90 Å². The van der Waals surface area contributed by atoms with E-state index in [1.807, 2.05) is 6.92 Å². The summed E-state index contributed by atoms with van der Waals surface area (Å²) in [5.74, 6) is 0. The van der Waals surface area contributed by atoms with Crippen molar-refractivity contribution in [2.45, 2.75) is 58.2 Å². The molecule has 2 heteroatoms. The number of β-amino-alcohol motifs (C(OH)–C–C–N with tert-alkyl or cyclic N) is 1. The molecular formula is C10H21NO. The summed E-state index contributed by atoms with van der Waals surface area (Å²) in [7, 11) is 0. The van der Waals surface area contributed by atoms with Gasteiger partial charge in [-0.2, -0.15) is 0 Å². The van der Waals surface area contributed by atoms with Gasteiger partial charge in [0.05, 0.1) is 6.10 Å². The van der Waals surface area contributed by atoms with Crippen LogP contribution in [0.1, 0.15) is 40.5 Å². The first kappa shape index (κ1) is 10.0. The lowest BCUT2D eigenvalue weighted by molar-refractivity contribution is -0.0668. The third-order valence-corrected chi connectivity index (χ3v) is 2.98. The average molecular weight is 171 g/mol. The lowest BCUT2D eigenvalue weighted by Gasteiger charge is -2.54. The lowest BCUT2D eigenvalue weighted by Crippen LogP contribution is -2.63. The first-order valence-electron chi connectivity index (χ1n) is 4.92. The lowest BCUT2D eigenvalue weighted by atomic mass is 9.82. The maximum absolute atomic E-state index is 9.50. The summed E-state index contributed by atoms with van der Waals surface area (Å²) in [5, 5.41) is 9.50. The van der Waals surface area contributed by atoms with Gasteiger partial charge >= 0.3 is 0 Å². The fourth-order valence-electron chi connectivity index (χ4n) is 2.22. The normalized spacial score (nSPS) is 31.2. The Morgan fingerprint density at radius 1 is 1.58 bits per heavy atom. The van der Waals surface area contributed by atoms with Crippen LogP contribution in [0.3, 0.4) is 0 Å². The predicted molar refractivity (Wildman–Crippen MR) is 51.2 cm³/mol. The number of nitrogens with zero attached hydrogens (tertiary/aromatic N) is 1. The van der Waals surface area contributed by atoms with Crippen LogP contribution in [-0.4, -0.2) is 34.2 Å². The van der Waals surface area contributed by atoms with E-state index < -0.39 is 0 Å². The monoisotopic (exact) mass is 171 g/mol. The molecule has 0 bridgehead atoms. The molecule has 72 valence electrons. The van der Waals surface area contributed by atoms with Crippen molar-refractivity contribution in [2.75, 3.05) is 6.54 Å². The molecule has 0 radical (unpaired) electrons. The second-order valence-corrected chi connectivity index (χ2v) is 4.58. The minimum Gasteiger partial charge on any atom is -0.392 e. The van der Waals surface area contributed by atoms with E-state index in [1.165, 1.54) is 6.42 Å². The number of rotatable bonds is 3. The van der Waals surface area contributed by atoms with Crippen molar-refractivity contribution < 1.29 is 5.11 Å².